The Kier molecular flexibility index (Phi) is 4.10. The van der Waals surface area contributed by atoms with Crippen molar-refractivity contribution in [1.82, 2.24) is 8.80 Å². The first kappa shape index (κ1) is 22.7. The van der Waals surface area contributed by atoms with Gasteiger partial charge in [0.25, 0.3) is 0 Å². The lowest BCUT2D eigenvalue weighted by Gasteiger charge is -2.06. The Morgan fingerprint density at radius 3 is 1.16 bits per heavy atom. The van der Waals surface area contributed by atoms with Gasteiger partial charge in [0, 0.05) is 43.1 Å². The van der Waals surface area contributed by atoms with Crippen LogP contribution in [0.1, 0.15) is 0 Å². The zero-order valence-corrected chi connectivity index (χ0v) is 23.8. The largest absolute Gasteiger partial charge is 0.308 e. The number of fused-ring (bicyclic) bond motifs is 12. The molecule has 0 aliphatic heterocycles. The fraction of sp³-hybridized carbons (Fsp3) is 0. The number of aromatic nitrogens is 2. The summed E-state index contributed by atoms with van der Waals surface area (Å²) < 4.78 is 4.92. The summed E-state index contributed by atoms with van der Waals surface area (Å²) in [6.07, 6.45) is 0. The summed E-state index contributed by atoms with van der Waals surface area (Å²) in [6, 6.07) is 53.9. The molecule has 0 saturated carbocycles. The zero-order valence-electron chi connectivity index (χ0n) is 23.8. The molecule has 0 aliphatic rings. The van der Waals surface area contributed by atoms with Gasteiger partial charge in [-0.25, -0.2) is 0 Å². The van der Waals surface area contributed by atoms with E-state index in [4.69, 9.17) is 0 Å². The topological polar surface area (TPSA) is 8.82 Å². The van der Waals surface area contributed by atoms with E-state index < -0.39 is 0 Å². The van der Waals surface area contributed by atoms with E-state index in [0.29, 0.717) is 0 Å². The number of hydrogen-bond acceptors (Lipinski definition) is 0. The van der Waals surface area contributed by atoms with Gasteiger partial charge in [-0.15, -0.1) is 0 Å². The van der Waals surface area contributed by atoms with Crippen LogP contribution >= 0.6 is 0 Å². The fourth-order valence-corrected chi connectivity index (χ4v) is 8.09. The van der Waals surface area contributed by atoms with Crippen LogP contribution in [0.3, 0.4) is 0 Å². The van der Waals surface area contributed by atoms with Gasteiger partial charge in [-0.2, -0.15) is 0 Å². The molecule has 0 N–H and O–H groups in total. The standard InChI is InChI=1S/C42H24N2/c1-2-8-25(9-3-1)26-16-19-39-34(22-26)32-13-7-14-33-36-24-28(18-21-40(36)44(39)42(32)33)27-17-20-38-35(23-27)31-12-6-11-30-29-10-4-5-15-37(29)43(38)41(30)31/h1-24H. The Labute approximate surface area is 252 Å². The third-order valence-corrected chi connectivity index (χ3v) is 9.98. The Morgan fingerprint density at radius 1 is 0.250 bits per heavy atom. The van der Waals surface area contributed by atoms with E-state index in [-0.39, 0.29) is 0 Å². The molecule has 0 amide bonds. The van der Waals surface area contributed by atoms with Crippen LogP contribution in [0.25, 0.3) is 98.4 Å². The molecule has 0 unspecified atom stereocenters. The van der Waals surface area contributed by atoms with Crippen molar-refractivity contribution in [2.45, 2.75) is 0 Å². The van der Waals surface area contributed by atoms with Gasteiger partial charge < -0.3 is 8.80 Å². The van der Waals surface area contributed by atoms with Crippen molar-refractivity contribution in [1.29, 1.82) is 0 Å². The Balaban J connectivity index is 1.14. The number of para-hydroxylation sites is 3. The third-order valence-electron chi connectivity index (χ3n) is 9.98. The van der Waals surface area contributed by atoms with Gasteiger partial charge in [0.05, 0.1) is 33.1 Å². The van der Waals surface area contributed by atoms with E-state index in [9.17, 15) is 0 Å². The predicted octanol–water partition coefficient (Wildman–Crippen LogP) is 11.3. The van der Waals surface area contributed by atoms with Crippen LogP contribution in [0.15, 0.2) is 146 Å². The van der Waals surface area contributed by atoms with Gasteiger partial charge in [-0.1, -0.05) is 103 Å². The summed E-state index contributed by atoms with van der Waals surface area (Å²) in [6.45, 7) is 0. The lowest BCUT2D eigenvalue weighted by atomic mass is 9.99. The van der Waals surface area contributed by atoms with E-state index in [1.165, 1.54) is 98.4 Å². The minimum atomic E-state index is 1.25. The van der Waals surface area contributed by atoms with Gasteiger partial charge in [0.2, 0.25) is 0 Å². The Morgan fingerprint density at radius 2 is 0.636 bits per heavy atom. The zero-order chi connectivity index (χ0) is 28.5. The summed E-state index contributed by atoms with van der Waals surface area (Å²) in [5, 5.41) is 10.5. The molecule has 0 saturated heterocycles. The first-order chi connectivity index (χ1) is 21.8. The number of rotatable bonds is 2. The van der Waals surface area contributed by atoms with Crippen molar-refractivity contribution in [3.63, 3.8) is 0 Å². The predicted molar refractivity (Wildman–Crippen MR) is 187 cm³/mol. The lowest BCUT2D eigenvalue weighted by Crippen LogP contribution is -1.84. The molecule has 2 nitrogen and oxygen atoms in total. The van der Waals surface area contributed by atoms with Crippen LogP contribution in [0.2, 0.25) is 0 Å². The molecule has 11 aromatic rings. The van der Waals surface area contributed by atoms with Crippen LogP contribution in [0.4, 0.5) is 0 Å². The average molecular weight is 557 g/mol. The molecule has 44 heavy (non-hydrogen) atoms. The molecule has 0 fully saturated rings. The van der Waals surface area contributed by atoms with Gasteiger partial charge in [0.15, 0.2) is 0 Å². The second kappa shape index (κ2) is 7.94. The Hall–Kier alpha value is -5.86. The van der Waals surface area contributed by atoms with E-state index >= 15 is 0 Å². The normalized spacial score (nSPS) is 12.5. The highest BCUT2D eigenvalue weighted by Gasteiger charge is 2.20. The summed E-state index contributed by atoms with van der Waals surface area (Å²) in [5.41, 5.74) is 12.7. The van der Waals surface area contributed by atoms with Gasteiger partial charge in [-0.3, -0.25) is 0 Å². The summed E-state index contributed by atoms with van der Waals surface area (Å²) in [4.78, 5) is 0. The van der Waals surface area contributed by atoms with Crippen molar-refractivity contribution in [2.75, 3.05) is 0 Å². The number of nitrogens with zero attached hydrogens (tertiary/aromatic N) is 2. The maximum atomic E-state index is 2.47. The average Bonchev–Trinajstić information content (AvgIpc) is 3.81. The quantitative estimate of drug-likeness (QED) is 0.200. The molecule has 11 rings (SSSR count). The molecule has 4 aromatic heterocycles. The van der Waals surface area contributed by atoms with Crippen LogP contribution in [-0.2, 0) is 0 Å². The molecule has 0 radical (unpaired) electrons. The van der Waals surface area contributed by atoms with E-state index in [0.717, 1.165) is 0 Å². The smallest absolute Gasteiger partial charge is 0.0620 e. The molecule has 2 heteroatoms. The molecule has 7 aromatic carbocycles. The lowest BCUT2D eigenvalue weighted by molar-refractivity contribution is 1.37. The van der Waals surface area contributed by atoms with E-state index in [2.05, 4.69) is 154 Å². The Bertz CT molecular complexity index is 2920. The second-order valence-corrected chi connectivity index (χ2v) is 12.2. The highest BCUT2D eigenvalue weighted by Crippen LogP contribution is 2.43. The van der Waals surface area contributed by atoms with Crippen LogP contribution < -0.4 is 0 Å². The van der Waals surface area contributed by atoms with Gasteiger partial charge in [0.1, 0.15) is 0 Å². The molecule has 0 bridgehead atoms. The van der Waals surface area contributed by atoms with Gasteiger partial charge >= 0.3 is 0 Å². The third kappa shape index (κ3) is 2.72. The van der Waals surface area contributed by atoms with Crippen molar-refractivity contribution in [2.24, 2.45) is 0 Å². The first-order valence-corrected chi connectivity index (χ1v) is 15.3. The van der Waals surface area contributed by atoms with Gasteiger partial charge in [-0.05, 0) is 64.7 Å². The number of hydrogen-bond donors (Lipinski definition) is 0. The second-order valence-electron chi connectivity index (χ2n) is 12.2. The SMILES string of the molecule is c1ccc(-c2ccc3c(c2)c2cccc4c5cc(-c6ccc7c(c6)c6cccc8c9ccccc9n7c86)ccc5n3c24)cc1. The fourth-order valence-electron chi connectivity index (χ4n) is 8.09. The van der Waals surface area contributed by atoms with Crippen molar-refractivity contribution >= 4 is 76.2 Å². The van der Waals surface area contributed by atoms with Crippen molar-refractivity contribution in [3.05, 3.63) is 146 Å². The van der Waals surface area contributed by atoms with E-state index in [1.807, 2.05) is 0 Å². The van der Waals surface area contributed by atoms with E-state index in [1.54, 1.807) is 0 Å². The van der Waals surface area contributed by atoms with Crippen molar-refractivity contribution < 1.29 is 0 Å². The first-order valence-electron chi connectivity index (χ1n) is 15.3. The molecule has 0 spiro atoms. The van der Waals surface area contributed by atoms with Crippen LogP contribution in [0, 0.1) is 0 Å². The maximum absolute atomic E-state index is 2.47. The maximum Gasteiger partial charge on any atom is 0.0620 e. The van der Waals surface area contributed by atoms with Crippen LogP contribution in [-0.4, -0.2) is 8.80 Å². The summed E-state index contributed by atoms with van der Waals surface area (Å²) >= 11 is 0. The summed E-state index contributed by atoms with van der Waals surface area (Å²) in [5.74, 6) is 0. The highest BCUT2D eigenvalue weighted by molar-refractivity contribution is 6.25. The van der Waals surface area contributed by atoms with Crippen molar-refractivity contribution in [3.8, 4) is 22.3 Å². The molecule has 0 atom stereocenters. The number of benzene rings is 7. The minimum absolute atomic E-state index is 1.25. The molecule has 4 heterocycles. The monoisotopic (exact) mass is 556 g/mol. The molecule has 202 valence electrons. The molecule has 0 aliphatic carbocycles. The minimum Gasteiger partial charge on any atom is -0.308 e. The summed E-state index contributed by atoms with van der Waals surface area (Å²) in [7, 11) is 0. The molecular formula is C42H24N2. The highest BCUT2D eigenvalue weighted by atomic mass is 14.9. The van der Waals surface area contributed by atoms with Crippen LogP contribution in [0.5, 0.6) is 0 Å². The molecular weight excluding hydrogens is 532 g/mol.